The molecule has 2 aromatic carbocycles. The first-order valence-corrected chi connectivity index (χ1v) is 8.30. The van der Waals surface area contributed by atoms with Crippen molar-refractivity contribution in [1.29, 1.82) is 0 Å². The molecule has 0 heterocycles. The van der Waals surface area contributed by atoms with Crippen LogP contribution in [-0.4, -0.2) is 11.1 Å². The zero-order valence-corrected chi connectivity index (χ0v) is 14.4. The summed E-state index contributed by atoms with van der Waals surface area (Å²) < 4.78 is 0. The summed E-state index contributed by atoms with van der Waals surface area (Å²) in [5.41, 5.74) is 4.51. The fourth-order valence-electron chi connectivity index (χ4n) is 3.00. The van der Waals surface area contributed by atoms with E-state index in [1.54, 1.807) is 0 Å². The van der Waals surface area contributed by atoms with E-state index >= 15 is 0 Å². The van der Waals surface area contributed by atoms with Crippen molar-refractivity contribution in [3.63, 3.8) is 0 Å². The van der Waals surface area contributed by atoms with Gasteiger partial charge in [-0.05, 0) is 40.5 Å². The topological polar surface area (TPSA) is 37.3 Å². The van der Waals surface area contributed by atoms with Crippen molar-refractivity contribution in [2.24, 2.45) is 11.8 Å². The summed E-state index contributed by atoms with van der Waals surface area (Å²) in [5, 5.41) is 9.39. The third-order valence-electron chi connectivity index (χ3n) is 4.13. The summed E-state index contributed by atoms with van der Waals surface area (Å²) in [6, 6.07) is 16.6. The van der Waals surface area contributed by atoms with Crippen LogP contribution in [-0.2, 0) is 11.2 Å². The van der Waals surface area contributed by atoms with Gasteiger partial charge in [-0.1, -0.05) is 76.2 Å². The Morgan fingerprint density at radius 2 is 1.35 bits per heavy atom. The first-order chi connectivity index (χ1) is 10.9. The van der Waals surface area contributed by atoms with Crippen LogP contribution in [0.5, 0.6) is 0 Å². The van der Waals surface area contributed by atoms with Crippen molar-refractivity contribution >= 4 is 5.97 Å². The molecule has 0 amide bonds. The molecule has 2 aromatic rings. The molecule has 2 rings (SSSR count). The normalized spacial score (nSPS) is 12.6. The third kappa shape index (κ3) is 4.44. The maximum atomic E-state index is 11.4. The van der Waals surface area contributed by atoms with Crippen LogP contribution in [0, 0.1) is 11.8 Å². The van der Waals surface area contributed by atoms with Gasteiger partial charge in [-0.25, -0.2) is 0 Å². The molecule has 0 unspecified atom stereocenters. The summed E-state index contributed by atoms with van der Waals surface area (Å²) >= 11 is 0. The van der Waals surface area contributed by atoms with Gasteiger partial charge >= 0.3 is 5.97 Å². The number of hydrogen-bond acceptors (Lipinski definition) is 1. The van der Waals surface area contributed by atoms with Crippen LogP contribution in [0.15, 0.2) is 48.5 Å². The van der Waals surface area contributed by atoms with E-state index in [2.05, 4.69) is 38.1 Å². The van der Waals surface area contributed by atoms with Crippen molar-refractivity contribution in [2.45, 2.75) is 40.0 Å². The highest BCUT2D eigenvalue weighted by Gasteiger charge is 2.23. The quantitative estimate of drug-likeness (QED) is 0.778. The second kappa shape index (κ2) is 7.45. The fraction of sp³-hybridized carbons (Fsp3) is 0.381. The molecule has 0 aliphatic carbocycles. The molecule has 1 atom stereocenters. The lowest BCUT2D eigenvalue weighted by molar-refractivity contribution is -0.139. The standard InChI is InChI=1S/C21H26O2/c1-14(2)13-16-5-7-17(8-6-16)18-9-11-19(12-10-18)20(15(3)4)21(22)23/h5-12,14-15,20H,13H2,1-4H3,(H,22,23)/t20-/m0/s1. The second-order valence-corrected chi connectivity index (χ2v) is 6.98. The van der Waals surface area contributed by atoms with E-state index in [9.17, 15) is 9.90 Å². The van der Waals surface area contributed by atoms with Crippen molar-refractivity contribution in [2.75, 3.05) is 0 Å². The van der Waals surface area contributed by atoms with E-state index in [1.807, 2.05) is 38.1 Å². The number of aliphatic carboxylic acids is 1. The van der Waals surface area contributed by atoms with Crippen LogP contribution >= 0.6 is 0 Å². The molecular weight excluding hydrogens is 284 g/mol. The lowest BCUT2D eigenvalue weighted by Crippen LogP contribution is -2.17. The van der Waals surface area contributed by atoms with Gasteiger partial charge in [-0.3, -0.25) is 4.79 Å². The number of carbonyl (C=O) groups is 1. The Balaban J connectivity index is 2.20. The van der Waals surface area contributed by atoms with Gasteiger partial charge in [0.15, 0.2) is 0 Å². The molecule has 0 radical (unpaired) electrons. The molecule has 0 spiro atoms. The number of carboxylic acid groups (broad SMARTS) is 1. The van der Waals surface area contributed by atoms with Crippen LogP contribution in [0.4, 0.5) is 0 Å². The Hall–Kier alpha value is -2.09. The Kier molecular flexibility index (Phi) is 5.59. The minimum Gasteiger partial charge on any atom is -0.481 e. The van der Waals surface area contributed by atoms with Crippen molar-refractivity contribution in [1.82, 2.24) is 0 Å². The molecule has 122 valence electrons. The molecule has 2 nitrogen and oxygen atoms in total. The predicted octanol–water partition coefficient (Wildman–Crippen LogP) is 5.38. The van der Waals surface area contributed by atoms with Crippen LogP contribution in [0.1, 0.15) is 44.7 Å². The number of rotatable bonds is 6. The molecule has 0 aromatic heterocycles. The first kappa shape index (κ1) is 17.3. The average molecular weight is 310 g/mol. The fourth-order valence-corrected chi connectivity index (χ4v) is 3.00. The van der Waals surface area contributed by atoms with Crippen molar-refractivity contribution in [3.05, 3.63) is 59.7 Å². The monoisotopic (exact) mass is 310 g/mol. The van der Waals surface area contributed by atoms with E-state index in [0.29, 0.717) is 5.92 Å². The number of hydrogen-bond donors (Lipinski definition) is 1. The van der Waals surface area contributed by atoms with Crippen LogP contribution in [0.25, 0.3) is 11.1 Å². The van der Waals surface area contributed by atoms with Gasteiger partial charge in [0, 0.05) is 0 Å². The van der Waals surface area contributed by atoms with E-state index in [0.717, 1.165) is 17.5 Å². The summed E-state index contributed by atoms with van der Waals surface area (Å²) in [6.45, 7) is 8.33. The Morgan fingerprint density at radius 3 is 1.74 bits per heavy atom. The van der Waals surface area contributed by atoms with E-state index in [-0.39, 0.29) is 5.92 Å². The van der Waals surface area contributed by atoms with E-state index < -0.39 is 11.9 Å². The van der Waals surface area contributed by atoms with Crippen LogP contribution in [0.3, 0.4) is 0 Å². The molecule has 0 bridgehead atoms. The van der Waals surface area contributed by atoms with Gasteiger partial charge in [0.2, 0.25) is 0 Å². The van der Waals surface area contributed by atoms with Gasteiger partial charge in [-0.15, -0.1) is 0 Å². The second-order valence-electron chi connectivity index (χ2n) is 6.98. The Labute approximate surface area is 139 Å². The van der Waals surface area contributed by atoms with Gasteiger partial charge in [-0.2, -0.15) is 0 Å². The molecule has 23 heavy (non-hydrogen) atoms. The lowest BCUT2D eigenvalue weighted by Gasteiger charge is -2.17. The molecule has 2 heteroatoms. The Bertz CT molecular complexity index is 637. The van der Waals surface area contributed by atoms with Crippen LogP contribution in [0.2, 0.25) is 0 Å². The van der Waals surface area contributed by atoms with Gasteiger partial charge in [0.1, 0.15) is 0 Å². The molecule has 0 saturated carbocycles. The Morgan fingerprint density at radius 1 is 0.870 bits per heavy atom. The molecule has 0 aliphatic rings. The minimum absolute atomic E-state index is 0.0775. The lowest BCUT2D eigenvalue weighted by atomic mass is 9.87. The van der Waals surface area contributed by atoms with E-state index in [1.165, 1.54) is 11.1 Å². The zero-order chi connectivity index (χ0) is 17.0. The highest BCUT2D eigenvalue weighted by Crippen LogP contribution is 2.28. The molecular formula is C21H26O2. The average Bonchev–Trinajstić information content (AvgIpc) is 2.47. The summed E-state index contributed by atoms with van der Waals surface area (Å²) in [4.78, 5) is 11.4. The highest BCUT2D eigenvalue weighted by atomic mass is 16.4. The third-order valence-corrected chi connectivity index (χ3v) is 4.13. The van der Waals surface area contributed by atoms with Crippen molar-refractivity contribution < 1.29 is 9.90 Å². The number of carboxylic acids is 1. The summed E-state index contributed by atoms with van der Waals surface area (Å²) in [5.74, 6) is -0.471. The van der Waals surface area contributed by atoms with Gasteiger partial charge in [0.25, 0.3) is 0 Å². The van der Waals surface area contributed by atoms with Gasteiger partial charge in [0.05, 0.1) is 5.92 Å². The molecule has 0 aliphatic heterocycles. The van der Waals surface area contributed by atoms with Crippen molar-refractivity contribution in [3.8, 4) is 11.1 Å². The molecule has 0 saturated heterocycles. The maximum Gasteiger partial charge on any atom is 0.311 e. The predicted molar refractivity (Wildman–Crippen MR) is 95.6 cm³/mol. The van der Waals surface area contributed by atoms with E-state index in [4.69, 9.17) is 0 Å². The van der Waals surface area contributed by atoms with Crippen LogP contribution < -0.4 is 0 Å². The zero-order valence-electron chi connectivity index (χ0n) is 14.4. The molecule has 0 fully saturated rings. The first-order valence-electron chi connectivity index (χ1n) is 8.30. The minimum atomic E-state index is -0.759. The number of benzene rings is 2. The van der Waals surface area contributed by atoms with Gasteiger partial charge < -0.3 is 5.11 Å². The molecule has 1 N–H and O–H groups in total. The summed E-state index contributed by atoms with van der Waals surface area (Å²) in [7, 11) is 0. The SMILES string of the molecule is CC(C)Cc1ccc(-c2ccc([C@@H](C(=O)O)C(C)C)cc2)cc1. The smallest absolute Gasteiger partial charge is 0.311 e. The highest BCUT2D eigenvalue weighted by molar-refractivity contribution is 5.77. The maximum absolute atomic E-state index is 11.4. The largest absolute Gasteiger partial charge is 0.481 e. The summed E-state index contributed by atoms with van der Waals surface area (Å²) in [6.07, 6.45) is 1.09.